The molecule has 5 heteroatoms. The molecular weight excluding hydrogens is 204 g/mol. The molecule has 2 aromatic rings. The van der Waals surface area contributed by atoms with Crippen LogP contribution in [-0.4, -0.2) is 20.2 Å². The number of aryl methyl sites for hydroxylation is 1. The molecule has 86 valence electrons. The van der Waals surface area contributed by atoms with Gasteiger partial charge in [0, 0.05) is 25.0 Å². The third kappa shape index (κ3) is 2.14. The van der Waals surface area contributed by atoms with Crippen LogP contribution in [0.5, 0.6) is 0 Å². The summed E-state index contributed by atoms with van der Waals surface area (Å²) in [4.78, 5) is 11.9. The maximum Gasteiger partial charge on any atom is 0.276 e. The zero-order chi connectivity index (χ0) is 11.5. The highest BCUT2D eigenvalue weighted by Crippen LogP contribution is 1.98. The molecular formula is C11H16N4O. The van der Waals surface area contributed by atoms with Crippen molar-refractivity contribution in [3.05, 3.63) is 35.0 Å². The number of nitrogens with two attached hydrogens (primary N) is 1. The van der Waals surface area contributed by atoms with Crippen molar-refractivity contribution in [2.75, 3.05) is 0 Å². The van der Waals surface area contributed by atoms with Crippen LogP contribution in [0.2, 0.25) is 0 Å². The van der Waals surface area contributed by atoms with Crippen molar-refractivity contribution in [2.45, 2.75) is 32.4 Å². The molecule has 5 nitrogen and oxygen atoms in total. The predicted molar refractivity (Wildman–Crippen MR) is 62.3 cm³/mol. The third-order valence-electron chi connectivity index (χ3n) is 2.60. The van der Waals surface area contributed by atoms with Crippen molar-refractivity contribution >= 4 is 5.52 Å². The van der Waals surface area contributed by atoms with Gasteiger partial charge < -0.3 is 10.3 Å². The molecule has 2 rings (SSSR count). The SMILES string of the molecule is CC(N)CCCn1ccn2nccc2c1=O. The minimum atomic E-state index is 0.00433. The second kappa shape index (κ2) is 4.49. The van der Waals surface area contributed by atoms with E-state index in [1.165, 1.54) is 0 Å². The van der Waals surface area contributed by atoms with Gasteiger partial charge in [-0.15, -0.1) is 0 Å². The monoisotopic (exact) mass is 220 g/mol. The van der Waals surface area contributed by atoms with E-state index >= 15 is 0 Å². The first-order valence-corrected chi connectivity index (χ1v) is 5.47. The molecule has 0 radical (unpaired) electrons. The van der Waals surface area contributed by atoms with Crippen LogP contribution in [0, 0.1) is 0 Å². The van der Waals surface area contributed by atoms with Gasteiger partial charge in [-0.2, -0.15) is 5.10 Å². The summed E-state index contributed by atoms with van der Waals surface area (Å²) in [7, 11) is 0. The molecule has 2 N–H and O–H groups in total. The molecule has 0 aromatic carbocycles. The second-order valence-electron chi connectivity index (χ2n) is 4.08. The standard InChI is InChI=1S/C11H16N4O/c1-9(12)3-2-6-14-7-8-15-10(11(14)16)4-5-13-15/h4-5,7-9H,2-3,6,12H2,1H3. The maximum atomic E-state index is 11.9. The average molecular weight is 220 g/mol. The molecule has 1 atom stereocenters. The second-order valence-corrected chi connectivity index (χ2v) is 4.08. The summed E-state index contributed by atoms with van der Waals surface area (Å²) in [5.74, 6) is 0. The average Bonchev–Trinajstić information content (AvgIpc) is 2.69. The Morgan fingerprint density at radius 3 is 3.06 bits per heavy atom. The van der Waals surface area contributed by atoms with Crippen LogP contribution in [0.4, 0.5) is 0 Å². The Kier molecular flexibility index (Phi) is 3.05. The van der Waals surface area contributed by atoms with Gasteiger partial charge in [-0.05, 0) is 25.8 Å². The summed E-state index contributed by atoms with van der Waals surface area (Å²) in [6.45, 7) is 2.69. The summed E-state index contributed by atoms with van der Waals surface area (Å²) in [6, 6.07) is 1.92. The largest absolute Gasteiger partial charge is 0.328 e. The maximum absolute atomic E-state index is 11.9. The molecule has 0 spiro atoms. The topological polar surface area (TPSA) is 65.3 Å². The van der Waals surface area contributed by atoms with Crippen molar-refractivity contribution in [1.82, 2.24) is 14.2 Å². The van der Waals surface area contributed by atoms with Gasteiger partial charge in [0.1, 0.15) is 5.52 Å². The molecule has 0 aliphatic rings. The summed E-state index contributed by atoms with van der Waals surface area (Å²) in [5, 5.41) is 4.01. The molecule has 0 saturated heterocycles. The number of rotatable bonds is 4. The molecule has 0 amide bonds. The number of hydrogen-bond donors (Lipinski definition) is 1. The lowest BCUT2D eigenvalue weighted by molar-refractivity contribution is 0.547. The van der Waals surface area contributed by atoms with E-state index < -0.39 is 0 Å². The lowest BCUT2D eigenvalue weighted by Crippen LogP contribution is -2.22. The molecule has 0 bridgehead atoms. The van der Waals surface area contributed by atoms with Crippen LogP contribution in [0.25, 0.3) is 5.52 Å². The Balaban J connectivity index is 2.18. The number of hydrogen-bond acceptors (Lipinski definition) is 3. The molecule has 16 heavy (non-hydrogen) atoms. The van der Waals surface area contributed by atoms with Crippen LogP contribution in [0.3, 0.4) is 0 Å². The molecule has 0 aliphatic heterocycles. The summed E-state index contributed by atoms with van der Waals surface area (Å²) >= 11 is 0. The van der Waals surface area contributed by atoms with Gasteiger partial charge in [0.15, 0.2) is 0 Å². The molecule has 0 saturated carbocycles. The van der Waals surface area contributed by atoms with Crippen LogP contribution in [0.1, 0.15) is 19.8 Å². The van der Waals surface area contributed by atoms with Crippen molar-refractivity contribution in [2.24, 2.45) is 5.73 Å². The first-order chi connectivity index (χ1) is 7.68. The van der Waals surface area contributed by atoms with E-state index in [1.807, 2.05) is 6.92 Å². The fraction of sp³-hybridized carbons (Fsp3) is 0.455. The highest BCUT2D eigenvalue weighted by molar-refractivity contribution is 5.42. The highest BCUT2D eigenvalue weighted by atomic mass is 16.1. The van der Waals surface area contributed by atoms with Crippen LogP contribution < -0.4 is 11.3 Å². The van der Waals surface area contributed by atoms with Crippen molar-refractivity contribution in [3.63, 3.8) is 0 Å². The number of nitrogens with zero attached hydrogens (tertiary/aromatic N) is 3. The van der Waals surface area contributed by atoms with Gasteiger partial charge >= 0.3 is 0 Å². The Bertz CT molecular complexity index is 526. The minimum absolute atomic E-state index is 0.00433. The Labute approximate surface area is 93.5 Å². The Hall–Kier alpha value is -1.62. The fourth-order valence-corrected chi connectivity index (χ4v) is 1.72. The molecule has 0 aliphatic carbocycles. The smallest absolute Gasteiger partial charge is 0.276 e. The first kappa shape index (κ1) is 10.9. The lowest BCUT2D eigenvalue weighted by atomic mass is 10.2. The van der Waals surface area contributed by atoms with E-state index in [0.717, 1.165) is 12.8 Å². The van der Waals surface area contributed by atoms with Crippen LogP contribution in [-0.2, 0) is 6.54 Å². The van der Waals surface area contributed by atoms with Gasteiger partial charge in [0.05, 0.1) is 6.20 Å². The zero-order valence-corrected chi connectivity index (χ0v) is 9.34. The van der Waals surface area contributed by atoms with E-state index in [2.05, 4.69) is 5.10 Å². The van der Waals surface area contributed by atoms with E-state index in [4.69, 9.17) is 5.73 Å². The normalized spacial score (nSPS) is 13.1. The van der Waals surface area contributed by atoms with Gasteiger partial charge in [-0.25, -0.2) is 4.52 Å². The number of aromatic nitrogens is 3. The zero-order valence-electron chi connectivity index (χ0n) is 9.34. The predicted octanol–water partition coefficient (Wildman–Crippen LogP) is 0.623. The Morgan fingerprint density at radius 1 is 1.50 bits per heavy atom. The van der Waals surface area contributed by atoms with Gasteiger partial charge in [0.2, 0.25) is 0 Å². The van der Waals surface area contributed by atoms with Crippen molar-refractivity contribution < 1.29 is 0 Å². The van der Waals surface area contributed by atoms with E-state index in [-0.39, 0.29) is 11.6 Å². The molecule has 1 unspecified atom stereocenters. The summed E-state index contributed by atoms with van der Waals surface area (Å²) < 4.78 is 3.30. The lowest BCUT2D eigenvalue weighted by Gasteiger charge is -2.07. The van der Waals surface area contributed by atoms with Gasteiger partial charge in [-0.1, -0.05) is 0 Å². The van der Waals surface area contributed by atoms with Crippen LogP contribution >= 0.6 is 0 Å². The quantitative estimate of drug-likeness (QED) is 0.821. The molecule has 2 heterocycles. The molecule has 2 aromatic heterocycles. The third-order valence-corrected chi connectivity index (χ3v) is 2.60. The summed E-state index contributed by atoms with van der Waals surface area (Å²) in [6.07, 6.45) is 7.04. The minimum Gasteiger partial charge on any atom is -0.328 e. The van der Waals surface area contributed by atoms with E-state index in [9.17, 15) is 4.79 Å². The van der Waals surface area contributed by atoms with Crippen molar-refractivity contribution in [3.8, 4) is 0 Å². The highest BCUT2D eigenvalue weighted by Gasteiger charge is 2.03. The van der Waals surface area contributed by atoms with Crippen molar-refractivity contribution in [1.29, 1.82) is 0 Å². The van der Waals surface area contributed by atoms with E-state index in [1.54, 1.807) is 33.7 Å². The number of fused-ring (bicyclic) bond motifs is 1. The molecule has 0 fully saturated rings. The van der Waals surface area contributed by atoms with Crippen LogP contribution in [0.15, 0.2) is 29.5 Å². The first-order valence-electron chi connectivity index (χ1n) is 5.47. The van der Waals surface area contributed by atoms with Gasteiger partial charge in [0.25, 0.3) is 5.56 Å². The Morgan fingerprint density at radius 2 is 2.31 bits per heavy atom. The van der Waals surface area contributed by atoms with E-state index in [0.29, 0.717) is 12.1 Å². The summed E-state index contributed by atoms with van der Waals surface area (Å²) in [5.41, 5.74) is 6.29. The fourth-order valence-electron chi connectivity index (χ4n) is 1.72. The van der Waals surface area contributed by atoms with Gasteiger partial charge in [-0.3, -0.25) is 4.79 Å².